The molecule has 0 heterocycles. The number of benzene rings is 1. The standard InChI is InChI=1S/C11H13F3N2O2/c1-18-8-5-3-2-4-7(8)9(10(15)17)16-6-11(12,13)14/h2-5,9,16H,6H2,1H3,(H2,15,17). The van der Waals surface area contributed by atoms with Gasteiger partial charge in [-0.15, -0.1) is 0 Å². The van der Waals surface area contributed by atoms with E-state index in [4.69, 9.17) is 10.5 Å². The van der Waals surface area contributed by atoms with Crippen LogP contribution in [0.15, 0.2) is 24.3 Å². The Hall–Kier alpha value is -1.76. The summed E-state index contributed by atoms with van der Waals surface area (Å²) in [5.41, 5.74) is 5.37. The molecular formula is C11H13F3N2O2. The summed E-state index contributed by atoms with van der Waals surface area (Å²) < 4.78 is 41.4. The minimum atomic E-state index is -4.42. The molecule has 7 heteroatoms. The summed E-state index contributed by atoms with van der Waals surface area (Å²) in [7, 11) is 1.36. The molecule has 0 spiro atoms. The third kappa shape index (κ3) is 3.92. The maximum Gasteiger partial charge on any atom is 0.401 e. The van der Waals surface area contributed by atoms with Gasteiger partial charge >= 0.3 is 6.18 Å². The van der Waals surface area contributed by atoms with E-state index in [9.17, 15) is 18.0 Å². The number of primary amides is 1. The maximum absolute atomic E-state index is 12.1. The Kier molecular flexibility index (Phi) is 4.55. The summed E-state index contributed by atoms with van der Waals surface area (Å²) >= 11 is 0. The molecule has 1 unspecified atom stereocenters. The lowest BCUT2D eigenvalue weighted by Crippen LogP contribution is -2.39. The van der Waals surface area contributed by atoms with Crippen molar-refractivity contribution >= 4 is 5.91 Å². The van der Waals surface area contributed by atoms with Gasteiger partial charge in [0.1, 0.15) is 11.8 Å². The molecule has 0 aliphatic heterocycles. The Morgan fingerprint density at radius 1 is 1.44 bits per heavy atom. The number of hydrogen-bond donors (Lipinski definition) is 2. The number of para-hydroxylation sites is 1. The Balaban J connectivity index is 2.94. The van der Waals surface area contributed by atoms with Crippen LogP contribution in [0.5, 0.6) is 5.75 Å². The predicted octanol–water partition coefficient (Wildman–Crippen LogP) is 1.37. The van der Waals surface area contributed by atoms with Crippen molar-refractivity contribution in [1.29, 1.82) is 0 Å². The van der Waals surface area contributed by atoms with Gasteiger partial charge in [0.05, 0.1) is 13.7 Å². The summed E-state index contributed by atoms with van der Waals surface area (Å²) in [6, 6.07) is 5.01. The quantitative estimate of drug-likeness (QED) is 0.842. The fourth-order valence-electron chi connectivity index (χ4n) is 1.49. The number of ether oxygens (including phenoxy) is 1. The lowest BCUT2D eigenvalue weighted by molar-refractivity contribution is -0.130. The van der Waals surface area contributed by atoms with Crippen molar-refractivity contribution in [3.05, 3.63) is 29.8 Å². The first-order valence-electron chi connectivity index (χ1n) is 5.07. The lowest BCUT2D eigenvalue weighted by Gasteiger charge is -2.19. The van der Waals surface area contributed by atoms with E-state index >= 15 is 0 Å². The van der Waals surface area contributed by atoms with Gasteiger partial charge in [-0.05, 0) is 6.07 Å². The van der Waals surface area contributed by atoms with Gasteiger partial charge in [0.15, 0.2) is 0 Å². The van der Waals surface area contributed by atoms with Gasteiger partial charge in [-0.25, -0.2) is 0 Å². The van der Waals surface area contributed by atoms with E-state index in [-0.39, 0.29) is 5.56 Å². The van der Waals surface area contributed by atoms with Crippen LogP contribution in [0.3, 0.4) is 0 Å². The largest absolute Gasteiger partial charge is 0.496 e. The highest BCUT2D eigenvalue weighted by molar-refractivity contribution is 5.82. The van der Waals surface area contributed by atoms with Crippen molar-refractivity contribution in [1.82, 2.24) is 5.32 Å². The van der Waals surface area contributed by atoms with Crippen molar-refractivity contribution in [2.75, 3.05) is 13.7 Å². The highest BCUT2D eigenvalue weighted by Gasteiger charge is 2.30. The third-order valence-electron chi connectivity index (χ3n) is 2.24. The molecule has 0 aliphatic carbocycles. The van der Waals surface area contributed by atoms with E-state index in [1.54, 1.807) is 18.2 Å². The second kappa shape index (κ2) is 5.72. The summed E-state index contributed by atoms with van der Waals surface area (Å²) in [4.78, 5) is 11.2. The Morgan fingerprint density at radius 2 is 2.06 bits per heavy atom. The van der Waals surface area contributed by atoms with E-state index in [1.807, 2.05) is 0 Å². The highest BCUT2D eigenvalue weighted by Crippen LogP contribution is 2.25. The molecule has 0 radical (unpaired) electrons. The molecule has 0 fully saturated rings. The third-order valence-corrected chi connectivity index (χ3v) is 2.24. The topological polar surface area (TPSA) is 64.3 Å². The lowest BCUT2D eigenvalue weighted by atomic mass is 10.1. The van der Waals surface area contributed by atoms with E-state index in [2.05, 4.69) is 5.32 Å². The molecular weight excluding hydrogens is 249 g/mol. The summed E-state index contributed by atoms with van der Waals surface area (Å²) in [6.45, 7) is -1.31. The fourth-order valence-corrected chi connectivity index (χ4v) is 1.49. The normalized spacial score (nSPS) is 13.1. The van der Waals surface area contributed by atoms with E-state index in [1.165, 1.54) is 13.2 Å². The first-order valence-corrected chi connectivity index (χ1v) is 5.07. The predicted molar refractivity (Wildman–Crippen MR) is 59.0 cm³/mol. The summed E-state index contributed by atoms with van der Waals surface area (Å²) in [5, 5.41) is 2.07. The number of nitrogens with one attached hydrogen (secondary N) is 1. The van der Waals surface area contributed by atoms with Crippen molar-refractivity contribution in [2.45, 2.75) is 12.2 Å². The summed E-state index contributed by atoms with van der Waals surface area (Å²) in [6.07, 6.45) is -4.42. The average molecular weight is 262 g/mol. The van der Waals surface area contributed by atoms with Gasteiger partial charge in [0, 0.05) is 5.56 Å². The highest BCUT2D eigenvalue weighted by atomic mass is 19.4. The van der Waals surface area contributed by atoms with Crippen LogP contribution in [-0.2, 0) is 4.79 Å². The molecule has 0 bridgehead atoms. The van der Waals surface area contributed by atoms with E-state index < -0.39 is 24.7 Å². The van der Waals surface area contributed by atoms with Gasteiger partial charge in [0.25, 0.3) is 0 Å². The molecule has 4 nitrogen and oxygen atoms in total. The van der Waals surface area contributed by atoms with Crippen molar-refractivity contribution in [3.63, 3.8) is 0 Å². The van der Waals surface area contributed by atoms with Crippen LogP contribution in [0.1, 0.15) is 11.6 Å². The SMILES string of the molecule is COc1ccccc1C(NCC(F)(F)F)C(N)=O. The van der Waals surface area contributed by atoms with Gasteiger partial charge in [-0.3, -0.25) is 10.1 Å². The Morgan fingerprint density at radius 3 is 2.56 bits per heavy atom. The molecule has 1 atom stereocenters. The van der Waals surface area contributed by atoms with Crippen molar-refractivity contribution in [2.24, 2.45) is 5.73 Å². The van der Waals surface area contributed by atoms with Crippen LogP contribution in [0.4, 0.5) is 13.2 Å². The van der Waals surface area contributed by atoms with Crippen LogP contribution in [0.25, 0.3) is 0 Å². The smallest absolute Gasteiger partial charge is 0.401 e. The minimum Gasteiger partial charge on any atom is -0.496 e. The van der Waals surface area contributed by atoms with Crippen molar-refractivity contribution < 1.29 is 22.7 Å². The van der Waals surface area contributed by atoms with Crippen LogP contribution in [0, 0.1) is 0 Å². The monoisotopic (exact) mass is 262 g/mol. The first kappa shape index (κ1) is 14.3. The molecule has 0 saturated heterocycles. The van der Waals surface area contributed by atoms with Crippen molar-refractivity contribution in [3.8, 4) is 5.75 Å². The number of nitrogens with two attached hydrogens (primary N) is 1. The van der Waals surface area contributed by atoms with Crippen LogP contribution in [-0.4, -0.2) is 25.7 Å². The molecule has 0 aromatic heterocycles. The molecule has 0 saturated carbocycles. The number of amides is 1. The molecule has 1 amide bonds. The van der Waals surface area contributed by atoms with Gasteiger partial charge in [-0.2, -0.15) is 13.2 Å². The minimum absolute atomic E-state index is 0.275. The molecule has 18 heavy (non-hydrogen) atoms. The van der Waals surface area contributed by atoms with Gasteiger partial charge < -0.3 is 10.5 Å². The second-order valence-electron chi connectivity index (χ2n) is 3.57. The zero-order valence-electron chi connectivity index (χ0n) is 9.62. The number of methoxy groups -OCH3 is 1. The van der Waals surface area contributed by atoms with E-state index in [0.29, 0.717) is 5.75 Å². The number of carbonyl (C=O) groups is 1. The summed E-state index contributed by atoms with van der Waals surface area (Å²) in [5.74, 6) is -0.597. The zero-order valence-corrected chi connectivity index (χ0v) is 9.62. The number of carbonyl (C=O) groups excluding carboxylic acids is 1. The molecule has 1 aromatic rings. The zero-order chi connectivity index (χ0) is 13.8. The number of halogens is 3. The Labute approximate surface area is 102 Å². The van der Waals surface area contributed by atoms with Gasteiger partial charge in [-0.1, -0.05) is 18.2 Å². The molecule has 1 aromatic carbocycles. The number of alkyl halides is 3. The van der Waals surface area contributed by atoms with Crippen LogP contribution in [0.2, 0.25) is 0 Å². The molecule has 0 aliphatic rings. The van der Waals surface area contributed by atoms with Crippen LogP contribution < -0.4 is 15.8 Å². The second-order valence-corrected chi connectivity index (χ2v) is 3.57. The number of hydrogen-bond acceptors (Lipinski definition) is 3. The van der Waals surface area contributed by atoms with Gasteiger partial charge in [0.2, 0.25) is 5.91 Å². The molecule has 1 rings (SSSR count). The molecule has 3 N–H and O–H groups in total. The average Bonchev–Trinajstić information content (AvgIpc) is 2.28. The molecule has 100 valence electrons. The number of rotatable bonds is 5. The van der Waals surface area contributed by atoms with Crippen LogP contribution >= 0.6 is 0 Å². The fraction of sp³-hybridized carbons (Fsp3) is 0.364. The Bertz CT molecular complexity index is 421. The van der Waals surface area contributed by atoms with E-state index in [0.717, 1.165) is 0 Å². The maximum atomic E-state index is 12.1. The first-order chi connectivity index (χ1) is 8.35.